The maximum absolute atomic E-state index is 12.3. The van der Waals surface area contributed by atoms with Gasteiger partial charge in [-0.05, 0) is 31.2 Å². The number of rotatable bonds is 7. The van der Waals surface area contributed by atoms with Crippen molar-refractivity contribution in [3.8, 4) is 12.0 Å². The van der Waals surface area contributed by atoms with E-state index < -0.39 is 11.5 Å². The van der Waals surface area contributed by atoms with E-state index in [-0.39, 0.29) is 29.2 Å². The minimum atomic E-state index is -1.69. The van der Waals surface area contributed by atoms with E-state index in [1.807, 2.05) is 0 Å². The number of hydrazone groups is 1. The monoisotopic (exact) mass is 400 g/mol. The van der Waals surface area contributed by atoms with Crippen molar-refractivity contribution in [2.75, 3.05) is 30.4 Å². The number of hydrazine groups is 1. The van der Waals surface area contributed by atoms with Crippen molar-refractivity contribution in [2.24, 2.45) is 5.10 Å². The van der Waals surface area contributed by atoms with Crippen LogP contribution in [-0.4, -0.2) is 46.5 Å². The van der Waals surface area contributed by atoms with Gasteiger partial charge in [-0.1, -0.05) is 0 Å². The summed E-state index contributed by atoms with van der Waals surface area (Å²) in [6.45, 7) is 1.44. The third-order valence-corrected chi connectivity index (χ3v) is 4.13. The van der Waals surface area contributed by atoms with Gasteiger partial charge in [-0.2, -0.15) is 20.2 Å². The summed E-state index contributed by atoms with van der Waals surface area (Å²) in [6, 6.07) is 4.84. The first-order valence-electron chi connectivity index (χ1n) is 8.38. The number of nitrogens with one attached hydrogen (secondary N) is 2. The Balaban J connectivity index is 2.04. The lowest BCUT2D eigenvalue weighted by atomic mass is 9.90. The van der Waals surface area contributed by atoms with Crippen molar-refractivity contribution < 1.29 is 19.4 Å². The number of allylic oxidation sites excluding steroid dienone is 1. The van der Waals surface area contributed by atoms with Crippen LogP contribution >= 0.6 is 0 Å². The van der Waals surface area contributed by atoms with Crippen LogP contribution in [0, 0.1) is 0 Å². The lowest BCUT2D eigenvalue weighted by Gasteiger charge is -2.29. The number of hydrogen-bond donors (Lipinski definition) is 4. The highest BCUT2D eigenvalue weighted by atomic mass is 16.5. The molecular weight excluding hydrogens is 380 g/mol. The molecule has 0 amide bonds. The van der Waals surface area contributed by atoms with Crippen LogP contribution in [0.3, 0.4) is 0 Å². The first-order chi connectivity index (χ1) is 13.9. The fraction of sp³-hybridized carbons (Fsp3) is 0.235. The molecule has 1 unspecified atom stereocenters. The van der Waals surface area contributed by atoms with Gasteiger partial charge < -0.3 is 25.6 Å². The van der Waals surface area contributed by atoms with Crippen LogP contribution in [0.15, 0.2) is 35.6 Å². The topological polar surface area (TPSA) is 160 Å². The highest BCUT2D eigenvalue weighted by Gasteiger charge is 2.38. The lowest BCUT2D eigenvalue weighted by molar-refractivity contribution is -0.142. The normalized spacial score (nSPS) is 14.7. The Morgan fingerprint density at radius 2 is 1.93 bits per heavy atom. The van der Waals surface area contributed by atoms with E-state index in [4.69, 9.17) is 15.2 Å². The van der Waals surface area contributed by atoms with Gasteiger partial charge in [0.25, 0.3) is 0 Å². The number of carboxylic acids is 1. The number of anilines is 3. The van der Waals surface area contributed by atoms with E-state index in [2.05, 4.69) is 30.8 Å². The first kappa shape index (κ1) is 19.7. The molecule has 1 atom stereocenters. The Hall–Kier alpha value is -4.09. The maximum Gasteiger partial charge on any atom is 0.333 e. The summed E-state index contributed by atoms with van der Waals surface area (Å²) < 4.78 is 10.0. The molecule has 0 radical (unpaired) electrons. The molecule has 5 N–H and O–H groups in total. The maximum atomic E-state index is 12.3. The molecule has 0 aliphatic carbocycles. The Labute approximate surface area is 166 Å². The third kappa shape index (κ3) is 3.95. The third-order valence-electron chi connectivity index (χ3n) is 4.13. The Morgan fingerprint density at radius 1 is 1.24 bits per heavy atom. The fourth-order valence-corrected chi connectivity index (χ4v) is 2.58. The predicted molar refractivity (Wildman–Crippen MR) is 106 cm³/mol. The second-order valence-corrected chi connectivity index (χ2v) is 6.02. The van der Waals surface area contributed by atoms with E-state index in [0.717, 1.165) is 0 Å². The fourth-order valence-electron chi connectivity index (χ4n) is 2.58. The standard InChI is InChI=1S/C17H20N8O4/c1-17(13(26)27,24-14-21-15(28-2)23-16(22-14)29-3)11-9-10(5-6-12(11)18)25-19-7-4-8-20-25/h4-9,19H,18H2,1-3H3,(H,26,27)(H,21,22,23,24). The summed E-state index contributed by atoms with van der Waals surface area (Å²) in [5, 5.41) is 18.4. The van der Waals surface area contributed by atoms with E-state index in [1.54, 1.807) is 36.7 Å². The van der Waals surface area contributed by atoms with E-state index in [9.17, 15) is 9.90 Å². The van der Waals surface area contributed by atoms with Crippen molar-refractivity contribution in [3.63, 3.8) is 0 Å². The van der Waals surface area contributed by atoms with Gasteiger partial charge in [0.2, 0.25) is 5.95 Å². The minimum absolute atomic E-state index is 0.0348. The molecule has 152 valence electrons. The molecule has 0 bridgehead atoms. The van der Waals surface area contributed by atoms with Crippen LogP contribution in [-0.2, 0) is 10.3 Å². The molecule has 1 aromatic heterocycles. The number of carboxylic acid groups (broad SMARTS) is 1. The van der Waals surface area contributed by atoms with Gasteiger partial charge in [-0.3, -0.25) is 5.43 Å². The molecular formula is C17H20N8O4. The molecule has 1 aliphatic rings. The smallest absolute Gasteiger partial charge is 0.333 e. The largest absolute Gasteiger partial charge is 0.479 e. The van der Waals surface area contributed by atoms with Crippen LogP contribution in [0.4, 0.5) is 17.3 Å². The average Bonchev–Trinajstić information content (AvgIpc) is 2.74. The number of hydrogen-bond acceptors (Lipinski definition) is 11. The summed E-state index contributed by atoms with van der Waals surface area (Å²) in [5.41, 5.74) is 8.47. The van der Waals surface area contributed by atoms with Crippen molar-refractivity contribution in [1.82, 2.24) is 20.4 Å². The highest BCUT2D eigenvalue weighted by molar-refractivity contribution is 5.86. The average molecular weight is 400 g/mol. The number of nitrogens with two attached hydrogens (primary N) is 1. The van der Waals surface area contributed by atoms with Crippen molar-refractivity contribution in [2.45, 2.75) is 12.5 Å². The summed E-state index contributed by atoms with van der Waals surface area (Å²) in [5.74, 6) is -1.25. The molecule has 29 heavy (non-hydrogen) atoms. The molecule has 12 heteroatoms. The van der Waals surface area contributed by atoms with Gasteiger partial charge in [-0.25, -0.2) is 4.79 Å². The van der Waals surface area contributed by atoms with Gasteiger partial charge >= 0.3 is 18.0 Å². The lowest BCUT2D eigenvalue weighted by Crippen LogP contribution is -2.42. The second-order valence-electron chi connectivity index (χ2n) is 6.02. The zero-order chi connectivity index (χ0) is 21.0. The van der Waals surface area contributed by atoms with Gasteiger partial charge in [0.1, 0.15) is 0 Å². The minimum Gasteiger partial charge on any atom is -0.479 e. The second kappa shape index (κ2) is 7.88. The van der Waals surface area contributed by atoms with Crippen LogP contribution in [0.25, 0.3) is 0 Å². The van der Waals surface area contributed by atoms with Gasteiger partial charge in [-0.15, -0.1) is 4.98 Å². The number of nitrogen functional groups attached to an aromatic ring is 1. The molecule has 12 nitrogen and oxygen atoms in total. The van der Waals surface area contributed by atoms with Crippen LogP contribution < -0.4 is 31.1 Å². The van der Waals surface area contributed by atoms with Crippen LogP contribution in [0.1, 0.15) is 12.5 Å². The quantitative estimate of drug-likeness (QED) is 0.484. The Morgan fingerprint density at radius 3 is 2.48 bits per heavy atom. The first-order valence-corrected chi connectivity index (χ1v) is 8.38. The highest BCUT2D eigenvalue weighted by Crippen LogP contribution is 2.33. The molecule has 1 aliphatic heterocycles. The SMILES string of the molecule is COc1nc(NC(C)(C(=O)O)c2cc(N3N=CC=CN3)ccc2N)nc(OC)n1. The molecule has 0 fully saturated rings. The number of aliphatic carboxylic acids is 1. The molecule has 3 rings (SSSR count). The van der Waals surface area contributed by atoms with E-state index in [0.29, 0.717) is 5.69 Å². The molecule has 2 aromatic rings. The number of methoxy groups -OCH3 is 2. The molecule has 2 heterocycles. The molecule has 0 spiro atoms. The zero-order valence-corrected chi connectivity index (χ0v) is 15.9. The number of benzene rings is 1. The number of ether oxygens (including phenoxy) is 2. The number of nitrogens with zero attached hydrogens (tertiary/aromatic N) is 5. The summed E-state index contributed by atoms with van der Waals surface area (Å²) in [7, 11) is 2.74. The Kier molecular flexibility index (Phi) is 5.34. The van der Waals surface area contributed by atoms with Crippen LogP contribution in [0.2, 0.25) is 0 Å². The summed E-state index contributed by atoms with van der Waals surface area (Å²) >= 11 is 0. The Bertz CT molecular complexity index is 958. The number of carbonyl (C=O) groups is 1. The van der Waals surface area contributed by atoms with Crippen molar-refractivity contribution in [1.29, 1.82) is 0 Å². The van der Waals surface area contributed by atoms with Gasteiger partial charge in [0.05, 0.1) is 26.1 Å². The van der Waals surface area contributed by atoms with Crippen LogP contribution in [0.5, 0.6) is 12.0 Å². The zero-order valence-electron chi connectivity index (χ0n) is 15.9. The molecule has 1 aromatic carbocycles. The van der Waals surface area contributed by atoms with E-state index in [1.165, 1.54) is 26.3 Å². The summed E-state index contributed by atoms with van der Waals surface area (Å²) in [6.07, 6.45) is 4.99. The molecule has 0 saturated heterocycles. The summed E-state index contributed by atoms with van der Waals surface area (Å²) in [4.78, 5) is 24.2. The van der Waals surface area contributed by atoms with E-state index >= 15 is 0 Å². The van der Waals surface area contributed by atoms with Gasteiger partial charge in [0, 0.05) is 17.5 Å². The van der Waals surface area contributed by atoms with Crippen molar-refractivity contribution >= 4 is 29.5 Å². The van der Waals surface area contributed by atoms with Gasteiger partial charge in [0.15, 0.2) is 5.54 Å². The number of aromatic nitrogens is 3. The predicted octanol–water partition coefficient (Wildman–Crippen LogP) is 0.707. The van der Waals surface area contributed by atoms with Crippen molar-refractivity contribution in [3.05, 3.63) is 36.0 Å². The molecule has 0 saturated carbocycles.